The van der Waals surface area contributed by atoms with Crippen molar-refractivity contribution in [1.29, 1.82) is 0 Å². The summed E-state index contributed by atoms with van der Waals surface area (Å²) in [6.07, 6.45) is 4.92. The lowest BCUT2D eigenvalue weighted by Gasteiger charge is -2.26. The number of carboxylic acids is 1. The van der Waals surface area contributed by atoms with Crippen LogP contribution in [0.3, 0.4) is 0 Å². The van der Waals surface area contributed by atoms with E-state index in [1.165, 1.54) is 6.26 Å². The fourth-order valence-electron chi connectivity index (χ4n) is 2.56. The molecule has 1 aliphatic rings. The van der Waals surface area contributed by atoms with Crippen LogP contribution in [0.2, 0.25) is 0 Å². The fraction of sp³-hybridized carbons (Fsp3) is 0.571. The van der Waals surface area contributed by atoms with Crippen LogP contribution in [-0.4, -0.2) is 23.0 Å². The molecule has 1 saturated carbocycles. The minimum absolute atomic E-state index is 0.0720. The van der Waals surface area contributed by atoms with Crippen molar-refractivity contribution in [2.75, 3.05) is 0 Å². The Balaban J connectivity index is 1.89. The van der Waals surface area contributed by atoms with E-state index in [-0.39, 0.29) is 17.9 Å². The molecule has 2 rings (SSSR count). The minimum Gasteiger partial charge on any atom is -0.481 e. The highest BCUT2D eigenvalue weighted by Gasteiger charge is 2.27. The van der Waals surface area contributed by atoms with Crippen molar-refractivity contribution in [3.8, 4) is 0 Å². The van der Waals surface area contributed by atoms with Crippen LogP contribution in [0.25, 0.3) is 0 Å². The Morgan fingerprint density at radius 3 is 2.63 bits per heavy atom. The Kier molecular flexibility index (Phi) is 4.24. The molecule has 0 saturated heterocycles. The van der Waals surface area contributed by atoms with Crippen molar-refractivity contribution in [2.24, 2.45) is 5.92 Å². The monoisotopic (exact) mass is 265 g/mol. The first-order valence-corrected chi connectivity index (χ1v) is 6.71. The van der Waals surface area contributed by atoms with Gasteiger partial charge in [0.15, 0.2) is 0 Å². The topological polar surface area (TPSA) is 79.5 Å². The number of nitrogens with one attached hydrogen (secondary N) is 1. The van der Waals surface area contributed by atoms with Crippen molar-refractivity contribution in [3.63, 3.8) is 0 Å². The van der Waals surface area contributed by atoms with Crippen LogP contribution in [0, 0.1) is 5.92 Å². The third kappa shape index (κ3) is 3.16. The lowest BCUT2D eigenvalue weighted by Crippen LogP contribution is -2.38. The smallest absolute Gasteiger partial charge is 0.306 e. The Morgan fingerprint density at radius 2 is 2.05 bits per heavy atom. The van der Waals surface area contributed by atoms with Crippen LogP contribution < -0.4 is 5.32 Å². The van der Waals surface area contributed by atoms with Gasteiger partial charge in [0.2, 0.25) is 0 Å². The molecule has 0 aliphatic heterocycles. The van der Waals surface area contributed by atoms with Gasteiger partial charge < -0.3 is 14.8 Å². The van der Waals surface area contributed by atoms with E-state index < -0.39 is 5.97 Å². The summed E-state index contributed by atoms with van der Waals surface area (Å²) < 4.78 is 5.23. The van der Waals surface area contributed by atoms with E-state index in [1.54, 1.807) is 6.07 Å². The van der Waals surface area contributed by atoms with Crippen LogP contribution in [-0.2, 0) is 11.2 Å². The van der Waals surface area contributed by atoms with E-state index in [4.69, 9.17) is 9.52 Å². The SMILES string of the molecule is CCc1occc1C(=O)NC1CCC(C(=O)O)CC1. The second-order valence-corrected chi connectivity index (χ2v) is 4.97. The van der Waals surface area contributed by atoms with Crippen LogP contribution in [0.5, 0.6) is 0 Å². The molecule has 0 atom stereocenters. The Hall–Kier alpha value is -1.78. The van der Waals surface area contributed by atoms with Gasteiger partial charge in [-0.05, 0) is 31.7 Å². The summed E-state index contributed by atoms with van der Waals surface area (Å²) in [5.74, 6) is -0.415. The van der Waals surface area contributed by atoms with E-state index in [1.807, 2.05) is 6.92 Å². The van der Waals surface area contributed by atoms with Crippen molar-refractivity contribution in [3.05, 3.63) is 23.7 Å². The molecule has 104 valence electrons. The number of furan rings is 1. The van der Waals surface area contributed by atoms with Crippen LogP contribution in [0.15, 0.2) is 16.7 Å². The molecular formula is C14H19NO4. The van der Waals surface area contributed by atoms with E-state index in [0.717, 1.165) is 12.8 Å². The average Bonchev–Trinajstić information content (AvgIpc) is 2.87. The van der Waals surface area contributed by atoms with Gasteiger partial charge in [0.05, 0.1) is 17.7 Å². The number of amides is 1. The number of rotatable bonds is 4. The highest BCUT2D eigenvalue weighted by molar-refractivity contribution is 5.95. The molecule has 1 aliphatic carbocycles. The van der Waals surface area contributed by atoms with Gasteiger partial charge in [-0.1, -0.05) is 6.92 Å². The van der Waals surface area contributed by atoms with E-state index in [2.05, 4.69) is 5.32 Å². The molecule has 5 heteroatoms. The Bertz CT molecular complexity index is 458. The van der Waals surface area contributed by atoms with E-state index in [0.29, 0.717) is 30.6 Å². The minimum atomic E-state index is -0.729. The third-order valence-corrected chi connectivity index (χ3v) is 3.72. The number of aryl methyl sites for hydroxylation is 1. The quantitative estimate of drug-likeness (QED) is 0.874. The summed E-state index contributed by atoms with van der Waals surface area (Å²) in [5.41, 5.74) is 0.586. The highest BCUT2D eigenvalue weighted by Crippen LogP contribution is 2.24. The summed E-state index contributed by atoms with van der Waals surface area (Å²) in [6.45, 7) is 1.94. The molecule has 0 aromatic carbocycles. The van der Waals surface area contributed by atoms with Gasteiger partial charge in [-0.3, -0.25) is 9.59 Å². The van der Waals surface area contributed by atoms with Crippen molar-refractivity contribution in [2.45, 2.75) is 45.1 Å². The second kappa shape index (κ2) is 5.91. The second-order valence-electron chi connectivity index (χ2n) is 4.97. The lowest BCUT2D eigenvalue weighted by molar-refractivity contribution is -0.142. The zero-order valence-corrected chi connectivity index (χ0v) is 11.0. The molecule has 1 heterocycles. The first kappa shape index (κ1) is 13.6. The van der Waals surface area contributed by atoms with Crippen molar-refractivity contribution < 1.29 is 19.1 Å². The predicted molar refractivity (Wildman–Crippen MR) is 68.9 cm³/mol. The molecule has 1 fully saturated rings. The van der Waals surface area contributed by atoms with Gasteiger partial charge in [0, 0.05) is 12.5 Å². The predicted octanol–water partition coefficient (Wildman–Crippen LogP) is 2.22. The van der Waals surface area contributed by atoms with Crippen LogP contribution >= 0.6 is 0 Å². The summed E-state index contributed by atoms with van der Waals surface area (Å²) in [4.78, 5) is 22.9. The Labute approximate surface area is 112 Å². The summed E-state index contributed by atoms with van der Waals surface area (Å²) in [6, 6.07) is 1.75. The maximum Gasteiger partial charge on any atom is 0.306 e. The number of hydrogen-bond acceptors (Lipinski definition) is 3. The van der Waals surface area contributed by atoms with Crippen LogP contribution in [0.1, 0.15) is 48.7 Å². The largest absolute Gasteiger partial charge is 0.481 e. The number of carboxylic acid groups (broad SMARTS) is 1. The molecule has 2 N–H and O–H groups in total. The molecule has 1 aromatic heterocycles. The summed E-state index contributed by atoms with van der Waals surface area (Å²) >= 11 is 0. The van der Waals surface area contributed by atoms with Gasteiger partial charge >= 0.3 is 5.97 Å². The molecule has 5 nitrogen and oxygen atoms in total. The summed E-state index contributed by atoms with van der Waals surface area (Å²) in [5, 5.41) is 11.9. The molecule has 0 unspecified atom stereocenters. The van der Waals surface area contributed by atoms with E-state index >= 15 is 0 Å². The number of carbonyl (C=O) groups is 2. The molecule has 0 spiro atoms. The maximum absolute atomic E-state index is 12.1. The number of carbonyl (C=O) groups excluding carboxylic acids is 1. The van der Waals surface area contributed by atoms with E-state index in [9.17, 15) is 9.59 Å². The molecule has 19 heavy (non-hydrogen) atoms. The number of aliphatic carboxylic acids is 1. The zero-order valence-electron chi connectivity index (χ0n) is 11.0. The van der Waals surface area contributed by atoms with Gasteiger partial charge in [-0.2, -0.15) is 0 Å². The molecule has 1 aromatic rings. The van der Waals surface area contributed by atoms with Gasteiger partial charge in [-0.25, -0.2) is 0 Å². The fourth-order valence-corrected chi connectivity index (χ4v) is 2.56. The highest BCUT2D eigenvalue weighted by atomic mass is 16.4. The molecular weight excluding hydrogens is 246 g/mol. The third-order valence-electron chi connectivity index (χ3n) is 3.72. The van der Waals surface area contributed by atoms with Crippen LogP contribution in [0.4, 0.5) is 0 Å². The van der Waals surface area contributed by atoms with Gasteiger partial charge in [0.25, 0.3) is 5.91 Å². The maximum atomic E-state index is 12.1. The molecule has 0 bridgehead atoms. The normalized spacial score (nSPS) is 23.0. The average molecular weight is 265 g/mol. The van der Waals surface area contributed by atoms with Crippen molar-refractivity contribution >= 4 is 11.9 Å². The molecule has 1 amide bonds. The van der Waals surface area contributed by atoms with Gasteiger partial charge in [0.1, 0.15) is 5.76 Å². The zero-order chi connectivity index (χ0) is 13.8. The molecule has 0 radical (unpaired) electrons. The first-order valence-electron chi connectivity index (χ1n) is 6.71. The van der Waals surface area contributed by atoms with Gasteiger partial charge in [-0.15, -0.1) is 0 Å². The lowest BCUT2D eigenvalue weighted by atomic mass is 9.86. The first-order chi connectivity index (χ1) is 9.11. The Morgan fingerprint density at radius 1 is 1.37 bits per heavy atom. The van der Waals surface area contributed by atoms with Crippen molar-refractivity contribution in [1.82, 2.24) is 5.32 Å². The summed E-state index contributed by atoms with van der Waals surface area (Å²) in [7, 11) is 0. The standard InChI is InChI=1S/C14H19NO4/c1-2-12-11(7-8-19-12)13(16)15-10-5-3-9(4-6-10)14(17)18/h7-10H,2-6H2,1H3,(H,15,16)(H,17,18). The number of hydrogen-bond donors (Lipinski definition) is 2.